The molecule has 0 heterocycles. The van der Waals surface area contributed by atoms with E-state index in [0.717, 1.165) is 11.1 Å². The van der Waals surface area contributed by atoms with Gasteiger partial charge in [-0.25, -0.2) is 4.79 Å². The zero-order valence-electron chi connectivity index (χ0n) is 13.9. The molecule has 1 aromatic carbocycles. The molecule has 0 saturated carbocycles. The number of hydrogen-bond acceptors (Lipinski definition) is 3. The summed E-state index contributed by atoms with van der Waals surface area (Å²) in [7, 11) is 0. The summed E-state index contributed by atoms with van der Waals surface area (Å²) in [5.41, 5.74) is 1.73. The molecule has 1 rings (SSSR count). The van der Waals surface area contributed by atoms with Crippen LogP contribution in [0.15, 0.2) is 48.1 Å². The van der Waals surface area contributed by atoms with Crippen LogP contribution in [0.2, 0.25) is 0 Å². The van der Waals surface area contributed by atoms with Crippen molar-refractivity contribution in [3.8, 4) is 0 Å². The molecule has 0 amide bonds. The molecule has 0 aliphatic rings. The lowest BCUT2D eigenvalue weighted by Crippen LogP contribution is -2.22. The molecule has 22 heavy (non-hydrogen) atoms. The molecule has 1 aromatic rings. The molecule has 0 bridgehead atoms. The first-order valence-electron chi connectivity index (χ1n) is 7.56. The van der Waals surface area contributed by atoms with Crippen molar-refractivity contribution in [1.29, 1.82) is 0 Å². The Labute approximate surface area is 133 Å². The van der Waals surface area contributed by atoms with Crippen molar-refractivity contribution in [2.24, 2.45) is 0 Å². The van der Waals surface area contributed by atoms with E-state index in [1.165, 1.54) is 6.08 Å². The lowest BCUT2D eigenvalue weighted by molar-refractivity contribution is -0.148. The van der Waals surface area contributed by atoms with Crippen LogP contribution in [0.4, 0.5) is 0 Å². The summed E-state index contributed by atoms with van der Waals surface area (Å²) in [6, 6.07) is 10.00. The molecular formula is C19H26O3. The van der Waals surface area contributed by atoms with Gasteiger partial charge in [0, 0.05) is 6.08 Å². The zero-order valence-corrected chi connectivity index (χ0v) is 13.9. The van der Waals surface area contributed by atoms with Gasteiger partial charge in [0.25, 0.3) is 0 Å². The first kappa shape index (κ1) is 18.2. The van der Waals surface area contributed by atoms with E-state index in [2.05, 4.69) is 6.08 Å². The van der Waals surface area contributed by atoms with Gasteiger partial charge in [0.1, 0.15) is 5.60 Å². The molecule has 120 valence electrons. The Bertz CT molecular complexity index is 521. The van der Waals surface area contributed by atoms with Crippen LogP contribution in [0.25, 0.3) is 6.08 Å². The Morgan fingerprint density at radius 3 is 2.50 bits per heavy atom. The highest BCUT2D eigenvalue weighted by atomic mass is 16.6. The van der Waals surface area contributed by atoms with Crippen molar-refractivity contribution in [3.63, 3.8) is 0 Å². The van der Waals surface area contributed by atoms with Crippen molar-refractivity contribution in [2.45, 2.75) is 52.2 Å². The van der Waals surface area contributed by atoms with Gasteiger partial charge >= 0.3 is 5.97 Å². The molecule has 0 aromatic heterocycles. The summed E-state index contributed by atoms with van der Waals surface area (Å²) in [6.45, 7) is 7.47. The average Bonchev–Trinajstić information content (AvgIpc) is 2.37. The SMILES string of the molecule is C/C(=C\c1ccccc1)C[C@@H](O)C/C=C/C(=O)OC(C)(C)C. The van der Waals surface area contributed by atoms with E-state index in [-0.39, 0.29) is 5.97 Å². The maximum absolute atomic E-state index is 11.5. The topological polar surface area (TPSA) is 46.5 Å². The standard InChI is InChI=1S/C19H26O3/c1-15(13-16-9-6-5-7-10-16)14-17(20)11-8-12-18(21)22-19(2,3)4/h5-10,12-13,17,20H,11,14H2,1-4H3/b12-8+,15-13+/t17-/m0/s1. The number of rotatable bonds is 6. The van der Waals surface area contributed by atoms with Crippen LogP contribution in [0, 0.1) is 0 Å². The Hall–Kier alpha value is -1.87. The van der Waals surface area contributed by atoms with Crippen molar-refractivity contribution in [2.75, 3.05) is 0 Å². The molecule has 0 aliphatic heterocycles. The summed E-state index contributed by atoms with van der Waals surface area (Å²) in [4.78, 5) is 11.5. The van der Waals surface area contributed by atoms with Gasteiger partial charge in [0.2, 0.25) is 0 Å². The van der Waals surface area contributed by atoms with Gasteiger partial charge in [-0.1, -0.05) is 48.1 Å². The summed E-state index contributed by atoms with van der Waals surface area (Å²) in [5, 5.41) is 10.00. The Morgan fingerprint density at radius 1 is 1.27 bits per heavy atom. The molecule has 0 unspecified atom stereocenters. The number of aliphatic hydroxyl groups excluding tert-OH is 1. The van der Waals surface area contributed by atoms with E-state index in [9.17, 15) is 9.90 Å². The monoisotopic (exact) mass is 302 g/mol. The third-order valence-corrected chi connectivity index (χ3v) is 2.84. The summed E-state index contributed by atoms with van der Waals surface area (Å²) in [5.74, 6) is -0.378. The maximum Gasteiger partial charge on any atom is 0.330 e. The van der Waals surface area contributed by atoms with Crippen LogP contribution < -0.4 is 0 Å². The van der Waals surface area contributed by atoms with E-state index in [0.29, 0.717) is 12.8 Å². The van der Waals surface area contributed by atoms with Crippen LogP contribution in [-0.4, -0.2) is 22.8 Å². The van der Waals surface area contributed by atoms with E-state index < -0.39 is 11.7 Å². The molecule has 0 aliphatic carbocycles. The molecule has 0 saturated heterocycles. The van der Waals surface area contributed by atoms with E-state index >= 15 is 0 Å². The molecular weight excluding hydrogens is 276 g/mol. The van der Waals surface area contributed by atoms with Crippen molar-refractivity contribution < 1.29 is 14.6 Å². The molecule has 0 fully saturated rings. The van der Waals surface area contributed by atoms with E-state index in [1.807, 2.05) is 58.0 Å². The Kier molecular flexibility index (Phi) is 7.06. The number of ether oxygens (including phenoxy) is 1. The van der Waals surface area contributed by atoms with E-state index in [1.54, 1.807) is 6.08 Å². The first-order valence-corrected chi connectivity index (χ1v) is 7.56. The predicted molar refractivity (Wildman–Crippen MR) is 90.3 cm³/mol. The molecule has 3 heteroatoms. The van der Waals surface area contributed by atoms with Crippen molar-refractivity contribution in [3.05, 3.63) is 53.6 Å². The molecule has 0 spiro atoms. The van der Waals surface area contributed by atoms with Gasteiger partial charge in [-0.05, 0) is 46.1 Å². The quantitative estimate of drug-likeness (QED) is 0.635. The van der Waals surface area contributed by atoms with Crippen LogP contribution in [0.3, 0.4) is 0 Å². The smallest absolute Gasteiger partial charge is 0.330 e. The highest BCUT2D eigenvalue weighted by molar-refractivity contribution is 5.82. The molecule has 1 atom stereocenters. The molecule has 3 nitrogen and oxygen atoms in total. The van der Waals surface area contributed by atoms with Gasteiger partial charge in [0.05, 0.1) is 6.10 Å². The highest BCUT2D eigenvalue weighted by Crippen LogP contribution is 2.13. The summed E-state index contributed by atoms with van der Waals surface area (Å²) >= 11 is 0. The molecule has 1 N–H and O–H groups in total. The normalized spacial score (nSPS) is 14.1. The highest BCUT2D eigenvalue weighted by Gasteiger charge is 2.13. The van der Waals surface area contributed by atoms with Crippen LogP contribution in [0.1, 0.15) is 46.1 Å². The lowest BCUT2D eigenvalue weighted by atomic mass is 10.0. The minimum atomic E-state index is -0.501. The number of aliphatic hydroxyl groups is 1. The van der Waals surface area contributed by atoms with Crippen LogP contribution in [-0.2, 0) is 9.53 Å². The third kappa shape index (κ3) is 8.42. The second-order valence-corrected chi connectivity index (χ2v) is 6.43. The first-order chi connectivity index (χ1) is 10.3. The van der Waals surface area contributed by atoms with E-state index in [4.69, 9.17) is 4.74 Å². The Morgan fingerprint density at radius 2 is 1.91 bits per heavy atom. The third-order valence-electron chi connectivity index (χ3n) is 2.84. The van der Waals surface area contributed by atoms with Crippen LogP contribution in [0.5, 0.6) is 0 Å². The lowest BCUT2D eigenvalue weighted by Gasteiger charge is -2.18. The minimum Gasteiger partial charge on any atom is -0.457 e. The van der Waals surface area contributed by atoms with Crippen molar-refractivity contribution >= 4 is 12.0 Å². The summed E-state index contributed by atoms with van der Waals surface area (Å²) < 4.78 is 5.16. The fourth-order valence-corrected chi connectivity index (χ4v) is 2.00. The number of carbonyl (C=O) groups is 1. The summed E-state index contributed by atoms with van der Waals surface area (Å²) in [6.07, 6.45) is 5.60. The van der Waals surface area contributed by atoms with Gasteiger partial charge < -0.3 is 9.84 Å². The van der Waals surface area contributed by atoms with Gasteiger partial charge in [-0.15, -0.1) is 0 Å². The Balaban J connectivity index is 2.41. The number of benzene rings is 1. The minimum absolute atomic E-state index is 0.378. The van der Waals surface area contributed by atoms with Gasteiger partial charge in [0.15, 0.2) is 0 Å². The largest absolute Gasteiger partial charge is 0.457 e. The predicted octanol–water partition coefficient (Wildman–Crippen LogP) is 4.13. The molecule has 0 radical (unpaired) electrons. The second-order valence-electron chi connectivity index (χ2n) is 6.43. The van der Waals surface area contributed by atoms with Gasteiger partial charge in [-0.2, -0.15) is 0 Å². The number of esters is 1. The maximum atomic E-state index is 11.5. The van der Waals surface area contributed by atoms with Gasteiger partial charge in [-0.3, -0.25) is 0 Å². The fraction of sp³-hybridized carbons (Fsp3) is 0.421. The second kappa shape index (κ2) is 8.54. The number of hydrogen-bond donors (Lipinski definition) is 1. The average molecular weight is 302 g/mol. The fourth-order valence-electron chi connectivity index (χ4n) is 2.00. The number of carbonyl (C=O) groups excluding carboxylic acids is 1. The zero-order chi connectivity index (χ0) is 16.6. The van der Waals surface area contributed by atoms with Crippen molar-refractivity contribution in [1.82, 2.24) is 0 Å². The van der Waals surface area contributed by atoms with Crippen LogP contribution >= 0.6 is 0 Å².